The zero-order chi connectivity index (χ0) is 21.2. The first-order valence-corrected chi connectivity index (χ1v) is 11.1. The Bertz CT molecular complexity index is 1220. The fourth-order valence-corrected chi connectivity index (χ4v) is 4.46. The molecule has 0 amide bonds. The van der Waals surface area contributed by atoms with Gasteiger partial charge in [0.25, 0.3) is 5.56 Å². The van der Waals surface area contributed by atoms with Crippen molar-refractivity contribution in [1.29, 1.82) is 0 Å². The van der Waals surface area contributed by atoms with Gasteiger partial charge in [0.05, 0.1) is 29.0 Å². The Balaban J connectivity index is 1.25. The normalized spacial score (nSPS) is 14.8. The second-order valence-corrected chi connectivity index (χ2v) is 8.47. The molecule has 0 unspecified atom stereocenters. The first kappa shape index (κ1) is 19.9. The Kier molecular flexibility index (Phi) is 5.54. The van der Waals surface area contributed by atoms with Gasteiger partial charge in [0.15, 0.2) is 0 Å². The van der Waals surface area contributed by atoms with Crippen LogP contribution in [0.25, 0.3) is 16.4 Å². The minimum absolute atomic E-state index is 0.185. The Hall–Kier alpha value is -3.01. The SMILES string of the molecule is O=c1c(Cl)c(N2CCN(Cc3nc(-c4cccs4)no3)CC2)cnn1-c1ccccc1. The van der Waals surface area contributed by atoms with Crippen molar-refractivity contribution in [3.8, 4) is 16.4 Å². The molecule has 1 saturated heterocycles. The van der Waals surface area contributed by atoms with E-state index in [1.165, 1.54) is 4.68 Å². The van der Waals surface area contributed by atoms with Crippen LogP contribution in [-0.4, -0.2) is 51.0 Å². The van der Waals surface area contributed by atoms with Gasteiger partial charge >= 0.3 is 0 Å². The number of para-hydroxylation sites is 1. The molecule has 4 heterocycles. The molecule has 1 aliphatic rings. The average Bonchev–Trinajstić information content (AvgIpc) is 3.49. The summed E-state index contributed by atoms with van der Waals surface area (Å²) in [7, 11) is 0. The molecule has 4 aromatic rings. The van der Waals surface area contributed by atoms with E-state index in [1.807, 2.05) is 47.8 Å². The summed E-state index contributed by atoms with van der Waals surface area (Å²) in [5.41, 5.74) is 1.03. The zero-order valence-electron chi connectivity index (χ0n) is 16.5. The van der Waals surface area contributed by atoms with Crippen LogP contribution in [0.3, 0.4) is 0 Å². The second-order valence-electron chi connectivity index (χ2n) is 7.15. The quantitative estimate of drug-likeness (QED) is 0.457. The smallest absolute Gasteiger partial charge is 0.292 e. The number of benzene rings is 1. The Morgan fingerprint density at radius 1 is 1.06 bits per heavy atom. The van der Waals surface area contributed by atoms with Crippen molar-refractivity contribution in [3.05, 3.63) is 75.3 Å². The number of hydrogen-bond acceptors (Lipinski definition) is 8. The number of nitrogens with zero attached hydrogens (tertiary/aromatic N) is 6. The zero-order valence-corrected chi connectivity index (χ0v) is 18.1. The molecule has 0 aliphatic carbocycles. The maximum atomic E-state index is 12.7. The van der Waals surface area contributed by atoms with Gasteiger partial charge in [0, 0.05) is 26.2 Å². The van der Waals surface area contributed by atoms with E-state index in [4.69, 9.17) is 16.1 Å². The van der Waals surface area contributed by atoms with E-state index in [0.717, 1.165) is 31.1 Å². The topological polar surface area (TPSA) is 80.3 Å². The van der Waals surface area contributed by atoms with Gasteiger partial charge < -0.3 is 9.42 Å². The number of piperazine rings is 1. The number of thiophene rings is 1. The summed E-state index contributed by atoms with van der Waals surface area (Å²) in [6.07, 6.45) is 1.66. The lowest BCUT2D eigenvalue weighted by atomic mass is 10.2. The summed E-state index contributed by atoms with van der Waals surface area (Å²) in [6, 6.07) is 13.2. The minimum Gasteiger partial charge on any atom is -0.366 e. The molecule has 8 nitrogen and oxygen atoms in total. The van der Waals surface area contributed by atoms with Crippen LogP contribution < -0.4 is 10.5 Å². The average molecular weight is 455 g/mol. The van der Waals surface area contributed by atoms with Crippen molar-refractivity contribution in [1.82, 2.24) is 24.8 Å². The minimum atomic E-state index is -0.320. The molecule has 10 heteroatoms. The number of aromatic nitrogens is 4. The molecule has 0 atom stereocenters. The molecule has 0 spiro atoms. The standard InChI is InChI=1S/C21H19ClN6O2S/c22-19-16(13-23-28(21(19)29)15-5-2-1-3-6-15)27-10-8-26(9-11-27)14-18-24-20(25-30-18)17-7-4-12-31-17/h1-7,12-13H,8-11,14H2. The van der Waals surface area contributed by atoms with Gasteiger partial charge in [0.2, 0.25) is 11.7 Å². The summed E-state index contributed by atoms with van der Waals surface area (Å²) in [5.74, 6) is 1.22. The molecular formula is C21H19ClN6O2S. The summed E-state index contributed by atoms with van der Waals surface area (Å²) < 4.78 is 6.73. The Morgan fingerprint density at radius 2 is 1.87 bits per heavy atom. The van der Waals surface area contributed by atoms with Crippen molar-refractivity contribution in [3.63, 3.8) is 0 Å². The lowest BCUT2D eigenvalue weighted by Gasteiger charge is -2.35. The van der Waals surface area contributed by atoms with E-state index in [9.17, 15) is 4.79 Å². The fourth-order valence-electron chi connectivity index (χ4n) is 3.56. The van der Waals surface area contributed by atoms with Crippen molar-refractivity contribution >= 4 is 28.6 Å². The molecular weight excluding hydrogens is 436 g/mol. The van der Waals surface area contributed by atoms with Gasteiger partial charge in [-0.05, 0) is 23.6 Å². The van der Waals surface area contributed by atoms with Gasteiger partial charge in [0.1, 0.15) is 5.02 Å². The third kappa shape index (κ3) is 4.12. The summed E-state index contributed by atoms with van der Waals surface area (Å²) >= 11 is 8.02. The van der Waals surface area contributed by atoms with Crippen LogP contribution >= 0.6 is 22.9 Å². The molecule has 0 saturated carbocycles. The number of halogens is 1. The molecule has 158 valence electrons. The molecule has 31 heavy (non-hydrogen) atoms. The van der Waals surface area contributed by atoms with E-state index in [0.29, 0.717) is 29.6 Å². The largest absolute Gasteiger partial charge is 0.366 e. The predicted octanol–water partition coefficient (Wildman–Crippen LogP) is 3.32. The van der Waals surface area contributed by atoms with Gasteiger partial charge in [-0.2, -0.15) is 14.8 Å². The van der Waals surface area contributed by atoms with Crippen LogP contribution in [0.2, 0.25) is 5.02 Å². The molecule has 1 fully saturated rings. The maximum Gasteiger partial charge on any atom is 0.292 e. The lowest BCUT2D eigenvalue weighted by molar-refractivity contribution is 0.215. The van der Waals surface area contributed by atoms with E-state index in [1.54, 1.807) is 17.5 Å². The molecule has 0 bridgehead atoms. The first-order chi connectivity index (χ1) is 15.2. The van der Waals surface area contributed by atoms with E-state index in [-0.39, 0.29) is 10.6 Å². The highest BCUT2D eigenvalue weighted by Gasteiger charge is 2.23. The maximum absolute atomic E-state index is 12.7. The molecule has 1 aromatic carbocycles. The highest BCUT2D eigenvalue weighted by atomic mass is 35.5. The third-order valence-corrected chi connectivity index (χ3v) is 6.40. The summed E-state index contributed by atoms with van der Waals surface area (Å²) in [6.45, 7) is 3.61. The van der Waals surface area contributed by atoms with Crippen LogP contribution in [-0.2, 0) is 6.54 Å². The molecule has 0 radical (unpaired) electrons. The lowest BCUT2D eigenvalue weighted by Crippen LogP contribution is -2.46. The summed E-state index contributed by atoms with van der Waals surface area (Å²) in [5, 5.41) is 10.6. The van der Waals surface area contributed by atoms with Gasteiger partial charge in [-0.15, -0.1) is 11.3 Å². The van der Waals surface area contributed by atoms with E-state index < -0.39 is 0 Å². The van der Waals surface area contributed by atoms with Crippen LogP contribution in [0.4, 0.5) is 5.69 Å². The van der Waals surface area contributed by atoms with Crippen LogP contribution in [0.15, 0.2) is 63.4 Å². The molecule has 0 N–H and O–H groups in total. The second kappa shape index (κ2) is 8.62. The monoisotopic (exact) mass is 454 g/mol. The number of hydrogen-bond donors (Lipinski definition) is 0. The first-order valence-electron chi connectivity index (χ1n) is 9.86. The van der Waals surface area contributed by atoms with Gasteiger partial charge in [-0.1, -0.05) is 41.0 Å². The van der Waals surface area contributed by atoms with Crippen molar-refractivity contribution < 1.29 is 4.52 Å². The number of rotatable bonds is 5. The van der Waals surface area contributed by atoms with Gasteiger partial charge in [-0.25, -0.2) is 0 Å². The Labute approximate surface area is 187 Å². The molecule has 1 aliphatic heterocycles. The highest BCUT2D eigenvalue weighted by Crippen LogP contribution is 2.24. The fraction of sp³-hybridized carbons (Fsp3) is 0.238. The summed E-state index contributed by atoms with van der Waals surface area (Å²) in [4.78, 5) is 22.6. The predicted molar refractivity (Wildman–Crippen MR) is 120 cm³/mol. The van der Waals surface area contributed by atoms with Crippen molar-refractivity contribution in [2.45, 2.75) is 6.54 Å². The number of anilines is 1. The Morgan fingerprint density at radius 3 is 2.61 bits per heavy atom. The third-order valence-electron chi connectivity index (χ3n) is 5.18. The van der Waals surface area contributed by atoms with Crippen molar-refractivity contribution in [2.24, 2.45) is 0 Å². The molecule has 5 rings (SSSR count). The van der Waals surface area contributed by atoms with E-state index >= 15 is 0 Å². The van der Waals surface area contributed by atoms with Crippen LogP contribution in [0.5, 0.6) is 0 Å². The van der Waals surface area contributed by atoms with Crippen LogP contribution in [0, 0.1) is 0 Å². The van der Waals surface area contributed by atoms with Crippen molar-refractivity contribution in [2.75, 3.05) is 31.1 Å². The van der Waals surface area contributed by atoms with Crippen LogP contribution in [0.1, 0.15) is 5.89 Å². The van der Waals surface area contributed by atoms with Gasteiger partial charge in [-0.3, -0.25) is 9.69 Å². The highest BCUT2D eigenvalue weighted by molar-refractivity contribution is 7.13. The molecule has 3 aromatic heterocycles. The van der Waals surface area contributed by atoms with E-state index in [2.05, 4.69) is 25.0 Å².